The lowest BCUT2D eigenvalue weighted by Gasteiger charge is -2.12. The number of carbonyl (C=O) groups is 1. The number of carbonyl (C=O) groups excluding carboxylic acids is 1. The van der Waals surface area contributed by atoms with E-state index in [1.807, 2.05) is 0 Å². The monoisotopic (exact) mass is 352 g/mol. The van der Waals surface area contributed by atoms with E-state index in [1.165, 1.54) is 30.3 Å². The van der Waals surface area contributed by atoms with Crippen LogP contribution in [0.4, 0.5) is 23.2 Å². The minimum atomic E-state index is -4.51. The van der Waals surface area contributed by atoms with Gasteiger partial charge in [0.2, 0.25) is 6.10 Å². The number of oxime groups is 1. The molecule has 0 fully saturated rings. The highest BCUT2D eigenvalue weighted by Crippen LogP contribution is 2.31. The highest BCUT2D eigenvalue weighted by molar-refractivity contribution is 6.06. The first-order valence-corrected chi connectivity index (χ1v) is 7.30. The molecule has 1 aliphatic rings. The zero-order valence-electron chi connectivity index (χ0n) is 12.7. The van der Waals surface area contributed by atoms with Gasteiger partial charge in [0.15, 0.2) is 0 Å². The van der Waals surface area contributed by atoms with E-state index in [2.05, 4.69) is 10.5 Å². The van der Waals surface area contributed by atoms with E-state index in [1.54, 1.807) is 6.07 Å². The Kier molecular flexibility index (Phi) is 4.43. The average molecular weight is 352 g/mol. The summed E-state index contributed by atoms with van der Waals surface area (Å²) in [7, 11) is 0. The van der Waals surface area contributed by atoms with E-state index >= 15 is 0 Å². The molecule has 2 aromatic rings. The third-order valence-corrected chi connectivity index (χ3v) is 3.60. The molecule has 2 aromatic carbocycles. The van der Waals surface area contributed by atoms with Gasteiger partial charge in [-0.15, -0.1) is 0 Å². The maximum absolute atomic E-state index is 13.7. The molecule has 1 N–H and O–H groups in total. The number of halogens is 4. The van der Waals surface area contributed by atoms with Gasteiger partial charge in [0.25, 0.3) is 5.91 Å². The molecule has 1 atom stereocenters. The van der Waals surface area contributed by atoms with Crippen molar-refractivity contribution in [3.8, 4) is 0 Å². The predicted molar refractivity (Wildman–Crippen MR) is 82.5 cm³/mol. The van der Waals surface area contributed by atoms with Gasteiger partial charge >= 0.3 is 6.18 Å². The van der Waals surface area contributed by atoms with Crippen molar-refractivity contribution in [2.45, 2.75) is 18.7 Å². The molecule has 25 heavy (non-hydrogen) atoms. The van der Waals surface area contributed by atoms with E-state index < -0.39 is 29.6 Å². The second-order valence-corrected chi connectivity index (χ2v) is 5.38. The van der Waals surface area contributed by atoms with E-state index in [4.69, 9.17) is 4.84 Å². The lowest BCUT2D eigenvalue weighted by atomic mass is 10.0. The van der Waals surface area contributed by atoms with Gasteiger partial charge in [0.05, 0.1) is 11.3 Å². The van der Waals surface area contributed by atoms with E-state index in [9.17, 15) is 22.4 Å². The number of nitrogens with one attached hydrogen (secondary N) is 1. The maximum atomic E-state index is 13.7. The molecule has 0 saturated carbocycles. The predicted octanol–water partition coefficient (Wildman–Crippen LogP) is 3.98. The topological polar surface area (TPSA) is 50.7 Å². The number of anilines is 1. The zero-order chi connectivity index (χ0) is 18.0. The van der Waals surface area contributed by atoms with Gasteiger partial charge in [-0.1, -0.05) is 29.4 Å². The summed E-state index contributed by atoms with van der Waals surface area (Å²) in [6.45, 7) is 0. The van der Waals surface area contributed by atoms with E-state index in [-0.39, 0.29) is 23.4 Å². The number of alkyl halides is 3. The highest BCUT2D eigenvalue weighted by atomic mass is 19.4. The number of benzene rings is 2. The van der Waals surface area contributed by atoms with Crippen LogP contribution in [0.2, 0.25) is 0 Å². The second-order valence-electron chi connectivity index (χ2n) is 5.38. The van der Waals surface area contributed by atoms with Gasteiger partial charge in [-0.2, -0.15) is 13.2 Å². The molecule has 0 saturated heterocycles. The lowest BCUT2D eigenvalue weighted by molar-refractivity contribution is -0.137. The standard InChI is InChI=1S/C17H12F4N2O2/c18-13-7-2-1-6-12(13)14-9-15(25-23-14)16(24)22-11-5-3-4-10(8-11)17(19,20)21/h1-8,15H,9H2,(H,22,24)/t15-/m1/s1. The Morgan fingerprint density at radius 3 is 2.64 bits per heavy atom. The van der Waals surface area contributed by atoms with Crippen molar-refractivity contribution in [3.63, 3.8) is 0 Å². The van der Waals surface area contributed by atoms with Crippen molar-refractivity contribution >= 4 is 17.3 Å². The van der Waals surface area contributed by atoms with Crippen molar-refractivity contribution in [3.05, 3.63) is 65.5 Å². The van der Waals surface area contributed by atoms with Crippen LogP contribution < -0.4 is 5.32 Å². The van der Waals surface area contributed by atoms with Gasteiger partial charge in [-0.25, -0.2) is 4.39 Å². The van der Waals surface area contributed by atoms with Crippen LogP contribution in [-0.2, 0) is 15.8 Å². The Morgan fingerprint density at radius 2 is 1.92 bits per heavy atom. The zero-order valence-corrected chi connectivity index (χ0v) is 12.7. The molecule has 0 spiro atoms. The maximum Gasteiger partial charge on any atom is 0.416 e. The van der Waals surface area contributed by atoms with Crippen LogP contribution in [0, 0.1) is 5.82 Å². The average Bonchev–Trinajstić information content (AvgIpc) is 3.04. The van der Waals surface area contributed by atoms with Gasteiger partial charge < -0.3 is 10.2 Å². The molecule has 130 valence electrons. The molecule has 0 unspecified atom stereocenters. The lowest BCUT2D eigenvalue weighted by Crippen LogP contribution is -2.28. The second kappa shape index (κ2) is 6.54. The molecule has 0 bridgehead atoms. The van der Waals surface area contributed by atoms with Gasteiger partial charge in [-0.05, 0) is 24.3 Å². The number of amides is 1. The Labute approximate surface area is 140 Å². The van der Waals surface area contributed by atoms with Crippen molar-refractivity contribution in [1.29, 1.82) is 0 Å². The first kappa shape index (κ1) is 16.9. The van der Waals surface area contributed by atoms with Crippen LogP contribution in [0.3, 0.4) is 0 Å². The highest BCUT2D eigenvalue weighted by Gasteiger charge is 2.32. The first-order valence-electron chi connectivity index (χ1n) is 7.30. The first-order chi connectivity index (χ1) is 11.8. The molecular weight excluding hydrogens is 340 g/mol. The van der Waals surface area contributed by atoms with Crippen molar-refractivity contribution < 1.29 is 27.2 Å². The number of rotatable bonds is 3. The molecule has 1 amide bonds. The minimum Gasteiger partial charge on any atom is -0.382 e. The molecule has 0 radical (unpaired) electrons. The summed E-state index contributed by atoms with van der Waals surface area (Å²) < 4.78 is 51.8. The number of hydrogen-bond donors (Lipinski definition) is 1. The van der Waals surface area contributed by atoms with E-state index in [0.717, 1.165) is 12.1 Å². The van der Waals surface area contributed by atoms with Crippen molar-refractivity contribution in [2.24, 2.45) is 5.16 Å². The van der Waals surface area contributed by atoms with Gasteiger partial charge in [0.1, 0.15) is 5.82 Å². The summed E-state index contributed by atoms with van der Waals surface area (Å²) in [4.78, 5) is 17.1. The molecule has 1 aliphatic heterocycles. The minimum absolute atomic E-state index is 0.0113. The van der Waals surface area contributed by atoms with Gasteiger partial charge in [-0.3, -0.25) is 4.79 Å². The fourth-order valence-electron chi connectivity index (χ4n) is 2.37. The Hall–Kier alpha value is -2.90. The Morgan fingerprint density at radius 1 is 1.16 bits per heavy atom. The number of nitrogens with zero attached hydrogens (tertiary/aromatic N) is 1. The van der Waals surface area contributed by atoms with E-state index in [0.29, 0.717) is 0 Å². The summed E-state index contributed by atoms with van der Waals surface area (Å²) in [6, 6.07) is 10.2. The molecule has 0 aliphatic carbocycles. The third kappa shape index (κ3) is 3.78. The molecule has 3 rings (SSSR count). The normalized spacial score (nSPS) is 17.0. The van der Waals surface area contributed by atoms with Crippen LogP contribution in [0.1, 0.15) is 17.5 Å². The van der Waals surface area contributed by atoms with Crippen LogP contribution in [0.25, 0.3) is 0 Å². The fraction of sp³-hybridized carbons (Fsp3) is 0.176. The summed E-state index contributed by atoms with van der Waals surface area (Å²) in [6.07, 6.45) is -5.53. The van der Waals surface area contributed by atoms with Crippen LogP contribution in [-0.4, -0.2) is 17.7 Å². The Balaban J connectivity index is 1.67. The molecular formula is C17H12F4N2O2. The third-order valence-electron chi connectivity index (χ3n) is 3.60. The quantitative estimate of drug-likeness (QED) is 0.850. The van der Waals surface area contributed by atoms with Crippen LogP contribution >= 0.6 is 0 Å². The fourth-order valence-corrected chi connectivity index (χ4v) is 2.37. The summed E-state index contributed by atoms with van der Waals surface area (Å²) in [5.74, 6) is -1.15. The molecule has 8 heteroatoms. The largest absolute Gasteiger partial charge is 0.416 e. The molecule has 1 heterocycles. The van der Waals surface area contributed by atoms with Crippen molar-refractivity contribution in [2.75, 3.05) is 5.32 Å². The summed E-state index contributed by atoms with van der Waals surface area (Å²) in [5.41, 5.74) is -0.400. The van der Waals surface area contributed by atoms with Crippen LogP contribution in [0.15, 0.2) is 53.7 Å². The smallest absolute Gasteiger partial charge is 0.382 e. The van der Waals surface area contributed by atoms with Crippen LogP contribution in [0.5, 0.6) is 0 Å². The van der Waals surface area contributed by atoms with Crippen molar-refractivity contribution in [1.82, 2.24) is 0 Å². The SMILES string of the molecule is O=C(Nc1cccc(C(F)(F)F)c1)[C@H]1CC(c2ccccc2F)=NO1. The molecule has 4 nitrogen and oxygen atoms in total. The molecule has 0 aromatic heterocycles. The number of hydrogen-bond acceptors (Lipinski definition) is 3. The summed E-state index contributed by atoms with van der Waals surface area (Å²) >= 11 is 0. The summed E-state index contributed by atoms with van der Waals surface area (Å²) in [5, 5.41) is 6.06. The van der Waals surface area contributed by atoms with Gasteiger partial charge in [0, 0.05) is 17.7 Å². The Bertz CT molecular complexity index is 833.